The highest BCUT2D eigenvalue weighted by Crippen LogP contribution is 2.18. The van der Waals surface area contributed by atoms with Crippen LogP contribution < -0.4 is 20.1 Å². The van der Waals surface area contributed by atoms with Gasteiger partial charge in [0.05, 0.1) is 13.5 Å². The van der Waals surface area contributed by atoms with Gasteiger partial charge in [0.2, 0.25) is 5.91 Å². The summed E-state index contributed by atoms with van der Waals surface area (Å²) in [4.78, 5) is 12.2. The molecule has 0 radical (unpaired) electrons. The molecule has 2 N–H and O–H groups in total. The Balaban J connectivity index is 1.49. The van der Waals surface area contributed by atoms with Gasteiger partial charge in [0.15, 0.2) is 5.11 Å². The standard InChI is InChI=1S/C23H22N2O3S/c1-27-20-12-10-17(11-13-20)14-22(26)25-23(29)24-19-8-5-9-21(15-19)28-16-18-6-3-2-4-7-18/h2-13,15H,14,16H2,1H3,(H2,24,25,26,29). The van der Waals surface area contributed by atoms with E-state index in [4.69, 9.17) is 21.7 Å². The molecule has 6 heteroatoms. The number of ether oxygens (including phenoxy) is 2. The Bertz CT molecular complexity index is 959. The summed E-state index contributed by atoms with van der Waals surface area (Å²) in [6.07, 6.45) is 0.228. The van der Waals surface area contributed by atoms with E-state index in [2.05, 4.69) is 10.6 Å². The van der Waals surface area contributed by atoms with Crippen LogP contribution in [0, 0.1) is 0 Å². The molecular weight excluding hydrogens is 384 g/mol. The zero-order valence-corrected chi connectivity index (χ0v) is 16.9. The average Bonchev–Trinajstić information content (AvgIpc) is 2.73. The van der Waals surface area contributed by atoms with Crippen molar-refractivity contribution in [2.45, 2.75) is 13.0 Å². The van der Waals surface area contributed by atoms with Gasteiger partial charge in [0.25, 0.3) is 0 Å². The zero-order chi connectivity index (χ0) is 20.5. The lowest BCUT2D eigenvalue weighted by Crippen LogP contribution is -2.35. The van der Waals surface area contributed by atoms with Crippen molar-refractivity contribution >= 4 is 28.9 Å². The van der Waals surface area contributed by atoms with Crippen molar-refractivity contribution in [1.82, 2.24) is 5.32 Å². The lowest BCUT2D eigenvalue weighted by Gasteiger charge is -2.12. The van der Waals surface area contributed by atoms with Gasteiger partial charge in [-0.15, -0.1) is 0 Å². The Labute approximate surface area is 175 Å². The van der Waals surface area contributed by atoms with Gasteiger partial charge < -0.3 is 20.1 Å². The van der Waals surface area contributed by atoms with E-state index >= 15 is 0 Å². The summed E-state index contributed by atoms with van der Waals surface area (Å²) >= 11 is 5.25. The topological polar surface area (TPSA) is 59.6 Å². The minimum absolute atomic E-state index is 0.191. The summed E-state index contributed by atoms with van der Waals surface area (Å²) in [5, 5.41) is 5.95. The molecule has 3 aromatic rings. The second-order valence-electron chi connectivity index (χ2n) is 6.33. The molecule has 0 aliphatic heterocycles. The van der Waals surface area contributed by atoms with Crippen LogP contribution in [0.4, 0.5) is 5.69 Å². The predicted molar refractivity (Wildman–Crippen MR) is 118 cm³/mol. The average molecular weight is 407 g/mol. The number of hydrogen-bond acceptors (Lipinski definition) is 4. The summed E-state index contributed by atoms with van der Waals surface area (Å²) in [6, 6.07) is 24.7. The molecular formula is C23H22N2O3S. The summed E-state index contributed by atoms with van der Waals surface area (Å²) < 4.78 is 10.9. The number of nitrogens with one attached hydrogen (secondary N) is 2. The molecule has 0 unspecified atom stereocenters. The molecule has 0 saturated carbocycles. The Morgan fingerprint density at radius 2 is 1.66 bits per heavy atom. The maximum absolute atomic E-state index is 12.2. The van der Waals surface area contributed by atoms with Crippen LogP contribution in [-0.4, -0.2) is 18.1 Å². The molecule has 0 fully saturated rings. The van der Waals surface area contributed by atoms with E-state index in [-0.39, 0.29) is 17.4 Å². The van der Waals surface area contributed by atoms with E-state index < -0.39 is 0 Å². The lowest BCUT2D eigenvalue weighted by atomic mass is 10.1. The molecule has 3 rings (SSSR count). The van der Waals surface area contributed by atoms with Crippen LogP contribution in [0.15, 0.2) is 78.9 Å². The number of amides is 1. The van der Waals surface area contributed by atoms with Gasteiger partial charge in [-0.2, -0.15) is 0 Å². The minimum atomic E-state index is -0.191. The second kappa shape index (κ2) is 10.2. The molecule has 3 aromatic carbocycles. The van der Waals surface area contributed by atoms with Crippen molar-refractivity contribution < 1.29 is 14.3 Å². The first-order valence-electron chi connectivity index (χ1n) is 9.13. The van der Waals surface area contributed by atoms with Crippen molar-refractivity contribution in [2.75, 3.05) is 12.4 Å². The Morgan fingerprint density at radius 3 is 2.38 bits per heavy atom. The van der Waals surface area contributed by atoms with Crippen molar-refractivity contribution in [3.63, 3.8) is 0 Å². The fourth-order valence-corrected chi connectivity index (χ4v) is 2.90. The number of hydrogen-bond donors (Lipinski definition) is 2. The van der Waals surface area contributed by atoms with E-state index in [9.17, 15) is 4.79 Å². The van der Waals surface area contributed by atoms with Gasteiger partial charge in [0, 0.05) is 11.8 Å². The molecule has 0 aliphatic carbocycles. The zero-order valence-electron chi connectivity index (χ0n) is 16.1. The van der Waals surface area contributed by atoms with Gasteiger partial charge in [0.1, 0.15) is 18.1 Å². The van der Waals surface area contributed by atoms with Crippen LogP contribution in [0.25, 0.3) is 0 Å². The van der Waals surface area contributed by atoms with Crippen LogP contribution >= 0.6 is 12.2 Å². The Kier molecular flexibility index (Phi) is 7.19. The highest BCUT2D eigenvalue weighted by molar-refractivity contribution is 7.80. The molecule has 0 bridgehead atoms. The Hall–Kier alpha value is -3.38. The first-order valence-corrected chi connectivity index (χ1v) is 9.54. The molecule has 0 atom stereocenters. The molecule has 1 amide bonds. The molecule has 5 nitrogen and oxygen atoms in total. The van der Waals surface area contributed by atoms with Crippen molar-refractivity contribution in [3.05, 3.63) is 90.0 Å². The second-order valence-corrected chi connectivity index (χ2v) is 6.74. The third kappa shape index (κ3) is 6.62. The minimum Gasteiger partial charge on any atom is -0.497 e. The summed E-state index contributed by atoms with van der Waals surface area (Å²) in [6.45, 7) is 0.480. The van der Waals surface area contributed by atoms with Crippen LogP contribution in [0.2, 0.25) is 0 Å². The number of methoxy groups -OCH3 is 1. The van der Waals surface area contributed by atoms with E-state index in [1.165, 1.54) is 0 Å². The molecule has 0 aromatic heterocycles. The van der Waals surface area contributed by atoms with Gasteiger partial charge in [-0.05, 0) is 47.6 Å². The SMILES string of the molecule is COc1ccc(CC(=O)NC(=S)Nc2cccc(OCc3ccccc3)c2)cc1. The summed E-state index contributed by atoms with van der Waals surface area (Å²) in [7, 11) is 1.60. The largest absolute Gasteiger partial charge is 0.497 e. The molecule has 0 saturated heterocycles. The predicted octanol–water partition coefficient (Wildman–Crippen LogP) is 4.33. The maximum atomic E-state index is 12.2. The molecule has 29 heavy (non-hydrogen) atoms. The van der Waals surface area contributed by atoms with E-state index in [0.717, 1.165) is 22.6 Å². The number of thiocarbonyl (C=S) groups is 1. The Morgan fingerprint density at radius 1 is 0.897 bits per heavy atom. The highest BCUT2D eigenvalue weighted by Gasteiger charge is 2.07. The monoisotopic (exact) mass is 406 g/mol. The fraction of sp³-hybridized carbons (Fsp3) is 0.130. The van der Waals surface area contributed by atoms with Crippen molar-refractivity contribution in [1.29, 1.82) is 0 Å². The van der Waals surface area contributed by atoms with Crippen LogP contribution in [0.5, 0.6) is 11.5 Å². The van der Waals surface area contributed by atoms with E-state index in [1.807, 2.05) is 78.9 Å². The number of carbonyl (C=O) groups excluding carboxylic acids is 1. The third-order valence-corrected chi connectivity index (χ3v) is 4.32. The smallest absolute Gasteiger partial charge is 0.230 e. The number of benzene rings is 3. The van der Waals surface area contributed by atoms with E-state index in [0.29, 0.717) is 12.4 Å². The summed E-state index contributed by atoms with van der Waals surface area (Å²) in [5.74, 6) is 1.27. The maximum Gasteiger partial charge on any atom is 0.230 e. The molecule has 148 valence electrons. The van der Waals surface area contributed by atoms with Crippen LogP contribution in [-0.2, 0) is 17.8 Å². The first-order chi connectivity index (χ1) is 14.1. The van der Waals surface area contributed by atoms with Crippen molar-refractivity contribution in [2.24, 2.45) is 0 Å². The summed E-state index contributed by atoms with van der Waals surface area (Å²) in [5.41, 5.74) is 2.71. The number of anilines is 1. The van der Waals surface area contributed by atoms with E-state index in [1.54, 1.807) is 7.11 Å². The van der Waals surface area contributed by atoms with Gasteiger partial charge in [-0.3, -0.25) is 4.79 Å². The third-order valence-electron chi connectivity index (χ3n) is 4.12. The van der Waals surface area contributed by atoms with Crippen LogP contribution in [0.1, 0.15) is 11.1 Å². The number of rotatable bonds is 7. The van der Waals surface area contributed by atoms with Crippen LogP contribution in [0.3, 0.4) is 0 Å². The normalized spacial score (nSPS) is 10.1. The molecule has 0 heterocycles. The first kappa shape index (κ1) is 20.4. The number of carbonyl (C=O) groups is 1. The van der Waals surface area contributed by atoms with Crippen molar-refractivity contribution in [3.8, 4) is 11.5 Å². The molecule has 0 aliphatic rings. The molecule has 0 spiro atoms. The quantitative estimate of drug-likeness (QED) is 0.572. The lowest BCUT2D eigenvalue weighted by molar-refractivity contribution is -0.119. The fourth-order valence-electron chi connectivity index (χ4n) is 2.67. The van der Waals surface area contributed by atoms with Gasteiger partial charge in [-0.1, -0.05) is 48.5 Å². The van der Waals surface area contributed by atoms with Gasteiger partial charge in [-0.25, -0.2) is 0 Å². The highest BCUT2D eigenvalue weighted by atomic mass is 32.1. The van der Waals surface area contributed by atoms with Gasteiger partial charge >= 0.3 is 0 Å².